The summed E-state index contributed by atoms with van der Waals surface area (Å²) in [7, 11) is 0. The molecule has 0 radical (unpaired) electrons. The smallest absolute Gasteiger partial charge is 0.0794 e. The summed E-state index contributed by atoms with van der Waals surface area (Å²) in [4.78, 5) is 4.30. The fraction of sp³-hybridized carbons (Fsp3) is 0.357. The van der Waals surface area contributed by atoms with Crippen LogP contribution in [0.15, 0.2) is 29.1 Å². The highest BCUT2D eigenvalue weighted by atomic mass is 35.5. The Morgan fingerprint density at radius 1 is 1.44 bits per heavy atom. The fourth-order valence-corrected chi connectivity index (χ4v) is 3.32. The average molecular weight is 279 g/mol. The lowest BCUT2D eigenvalue weighted by Crippen LogP contribution is -2.21. The van der Waals surface area contributed by atoms with Crippen molar-refractivity contribution in [2.75, 3.05) is 6.54 Å². The second-order valence-corrected chi connectivity index (χ2v) is 5.77. The first-order valence-electron chi connectivity index (χ1n) is 6.22. The van der Waals surface area contributed by atoms with Gasteiger partial charge in [0.1, 0.15) is 0 Å². The predicted octanol–water partition coefficient (Wildman–Crippen LogP) is 3.62. The van der Waals surface area contributed by atoms with Gasteiger partial charge < -0.3 is 5.32 Å². The number of thiazole rings is 1. The van der Waals surface area contributed by atoms with Gasteiger partial charge in [0.15, 0.2) is 0 Å². The van der Waals surface area contributed by atoms with E-state index in [2.05, 4.69) is 27.8 Å². The van der Waals surface area contributed by atoms with E-state index in [4.69, 9.17) is 11.6 Å². The zero-order valence-electron chi connectivity index (χ0n) is 10.0. The Bertz CT molecular complexity index is 525. The van der Waals surface area contributed by atoms with Crippen LogP contribution < -0.4 is 5.32 Å². The lowest BCUT2D eigenvalue weighted by atomic mass is 10.1. The maximum Gasteiger partial charge on any atom is 0.0794 e. The molecule has 2 aromatic rings. The number of nitrogens with one attached hydrogen (secondary N) is 1. The number of halogens is 1. The molecule has 0 saturated carbocycles. The molecular weight excluding hydrogens is 264 g/mol. The van der Waals surface area contributed by atoms with Crippen LogP contribution >= 0.6 is 22.9 Å². The number of aromatic nitrogens is 1. The average Bonchev–Trinajstić information content (AvgIpc) is 2.99. The molecule has 1 N–H and O–H groups in total. The third kappa shape index (κ3) is 2.58. The summed E-state index contributed by atoms with van der Waals surface area (Å²) in [6.45, 7) is 0.983. The summed E-state index contributed by atoms with van der Waals surface area (Å²) in [5, 5.41) is 6.58. The molecule has 1 aliphatic carbocycles. The number of benzene rings is 1. The second-order valence-electron chi connectivity index (χ2n) is 4.62. The third-order valence-electron chi connectivity index (χ3n) is 3.44. The molecule has 4 heteroatoms. The molecule has 3 rings (SSSR count). The third-order valence-corrected chi connectivity index (χ3v) is 4.31. The van der Waals surface area contributed by atoms with Gasteiger partial charge in [0, 0.05) is 29.4 Å². The summed E-state index contributed by atoms with van der Waals surface area (Å²) in [5.41, 5.74) is 5.88. The van der Waals surface area contributed by atoms with Gasteiger partial charge in [0.05, 0.1) is 11.2 Å². The Hall–Kier alpha value is -0.900. The minimum absolute atomic E-state index is 0.482. The molecule has 0 aliphatic heterocycles. The molecule has 2 nitrogen and oxygen atoms in total. The summed E-state index contributed by atoms with van der Waals surface area (Å²) in [6, 6.07) is 6.72. The molecule has 18 heavy (non-hydrogen) atoms. The van der Waals surface area contributed by atoms with E-state index in [0.717, 1.165) is 24.4 Å². The number of rotatable bonds is 4. The van der Waals surface area contributed by atoms with Crippen molar-refractivity contribution in [1.82, 2.24) is 10.3 Å². The Morgan fingerprint density at radius 3 is 3.22 bits per heavy atom. The molecule has 1 aromatic carbocycles. The summed E-state index contributed by atoms with van der Waals surface area (Å²) >= 11 is 7.67. The van der Waals surface area contributed by atoms with Crippen LogP contribution in [0.25, 0.3) is 0 Å². The van der Waals surface area contributed by atoms with Crippen LogP contribution in [0.3, 0.4) is 0 Å². The van der Waals surface area contributed by atoms with E-state index >= 15 is 0 Å². The quantitative estimate of drug-likeness (QED) is 0.924. The SMILES string of the molecule is Clc1ccc2c(c1)CCC2NCCc1cscn1. The van der Waals surface area contributed by atoms with E-state index in [1.54, 1.807) is 11.3 Å². The molecule has 94 valence electrons. The van der Waals surface area contributed by atoms with Gasteiger partial charge >= 0.3 is 0 Å². The summed E-state index contributed by atoms with van der Waals surface area (Å²) < 4.78 is 0. The number of aryl methyl sites for hydroxylation is 1. The van der Waals surface area contributed by atoms with Gasteiger partial charge in [0.25, 0.3) is 0 Å². The number of fused-ring (bicyclic) bond motifs is 1. The highest BCUT2D eigenvalue weighted by molar-refractivity contribution is 7.07. The zero-order chi connectivity index (χ0) is 12.4. The normalized spacial score (nSPS) is 17.9. The van der Waals surface area contributed by atoms with Gasteiger partial charge in [-0.15, -0.1) is 11.3 Å². The monoisotopic (exact) mass is 278 g/mol. The predicted molar refractivity (Wildman–Crippen MR) is 76.3 cm³/mol. The Kier molecular flexibility index (Phi) is 3.64. The Labute approximate surface area is 116 Å². The van der Waals surface area contributed by atoms with Crippen molar-refractivity contribution in [3.8, 4) is 0 Å². The van der Waals surface area contributed by atoms with E-state index in [0.29, 0.717) is 6.04 Å². The van der Waals surface area contributed by atoms with E-state index in [1.165, 1.54) is 23.2 Å². The molecule has 0 bridgehead atoms. The van der Waals surface area contributed by atoms with Crippen molar-refractivity contribution in [2.45, 2.75) is 25.3 Å². The van der Waals surface area contributed by atoms with Crippen LogP contribution in [0.4, 0.5) is 0 Å². The molecule has 0 fully saturated rings. The number of nitrogens with zero attached hydrogens (tertiary/aromatic N) is 1. The number of hydrogen-bond acceptors (Lipinski definition) is 3. The highest BCUT2D eigenvalue weighted by Crippen LogP contribution is 2.32. The maximum absolute atomic E-state index is 6.02. The molecule has 1 aliphatic rings. The minimum Gasteiger partial charge on any atom is -0.310 e. The van der Waals surface area contributed by atoms with Crippen molar-refractivity contribution in [3.63, 3.8) is 0 Å². The fourth-order valence-electron chi connectivity index (χ4n) is 2.53. The molecule has 0 spiro atoms. The molecule has 1 atom stereocenters. The zero-order valence-corrected chi connectivity index (χ0v) is 11.6. The van der Waals surface area contributed by atoms with Crippen molar-refractivity contribution >= 4 is 22.9 Å². The van der Waals surface area contributed by atoms with Crippen LogP contribution in [-0.2, 0) is 12.8 Å². The largest absolute Gasteiger partial charge is 0.310 e. The highest BCUT2D eigenvalue weighted by Gasteiger charge is 2.21. The van der Waals surface area contributed by atoms with Crippen LogP contribution in [0.5, 0.6) is 0 Å². The first-order chi connectivity index (χ1) is 8.83. The van der Waals surface area contributed by atoms with Crippen molar-refractivity contribution < 1.29 is 0 Å². The minimum atomic E-state index is 0.482. The van der Waals surface area contributed by atoms with Crippen LogP contribution in [-0.4, -0.2) is 11.5 Å². The van der Waals surface area contributed by atoms with Gasteiger partial charge in [-0.05, 0) is 36.1 Å². The second kappa shape index (κ2) is 5.39. The summed E-state index contributed by atoms with van der Waals surface area (Å²) in [6.07, 6.45) is 3.31. The molecule has 0 saturated heterocycles. The molecular formula is C14H15ClN2S. The lowest BCUT2D eigenvalue weighted by molar-refractivity contribution is 0.532. The first-order valence-corrected chi connectivity index (χ1v) is 7.54. The van der Waals surface area contributed by atoms with Crippen LogP contribution in [0.1, 0.15) is 29.3 Å². The van der Waals surface area contributed by atoms with Crippen LogP contribution in [0, 0.1) is 0 Å². The lowest BCUT2D eigenvalue weighted by Gasteiger charge is -2.13. The maximum atomic E-state index is 6.02. The molecule has 1 unspecified atom stereocenters. The standard InChI is InChI=1S/C14H15ClN2S/c15-11-2-3-13-10(7-11)1-4-14(13)16-6-5-12-8-18-9-17-12/h2-3,7-9,14,16H,1,4-6H2. The van der Waals surface area contributed by atoms with E-state index in [-0.39, 0.29) is 0 Å². The van der Waals surface area contributed by atoms with E-state index in [1.807, 2.05) is 11.6 Å². The van der Waals surface area contributed by atoms with Gasteiger partial charge in [-0.3, -0.25) is 0 Å². The van der Waals surface area contributed by atoms with Gasteiger partial charge in [-0.1, -0.05) is 17.7 Å². The van der Waals surface area contributed by atoms with Crippen molar-refractivity contribution in [2.24, 2.45) is 0 Å². The van der Waals surface area contributed by atoms with E-state index < -0.39 is 0 Å². The van der Waals surface area contributed by atoms with Gasteiger partial charge in [-0.25, -0.2) is 4.98 Å². The first kappa shape index (κ1) is 12.2. The molecule has 1 heterocycles. The molecule has 0 amide bonds. The molecule has 1 aromatic heterocycles. The summed E-state index contributed by atoms with van der Waals surface area (Å²) in [5.74, 6) is 0. The topological polar surface area (TPSA) is 24.9 Å². The van der Waals surface area contributed by atoms with Crippen LogP contribution in [0.2, 0.25) is 5.02 Å². The van der Waals surface area contributed by atoms with Crippen molar-refractivity contribution in [3.05, 3.63) is 50.9 Å². The van der Waals surface area contributed by atoms with Gasteiger partial charge in [-0.2, -0.15) is 0 Å². The Morgan fingerprint density at radius 2 is 2.39 bits per heavy atom. The van der Waals surface area contributed by atoms with Gasteiger partial charge in [0.2, 0.25) is 0 Å². The number of hydrogen-bond donors (Lipinski definition) is 1. The van der Waals surface area contributed by atoms with Crippen molar-refractivity contribution in [1.29, 1.82) is 0 Å². The van der Waals surface area contributed by atoms with E-state index in [9.17, 15) is 0 Å². The Balaban J connectivity index is 1.59.